The molecule has 3 atom stereocenters. The van der Waals surface area contributed by atoms with Gasteiger partial charge in [-0.1, -0.05) is 11.6 Å². The van der Waals surface area contributed by atoms with E-state index in [4.69, 9.17) is 21.6 Å². The van der Waals surface area contributed by atoms with E-state index < -0.39 is 6.10 Å². The molecule has 0 saturated carbocycles. The van der Waals surface area contributed by atoms with Crippen LogP contribution in [0, 0.1) is 23.2 Å². The van der Waals surface area contributed by atoms with Gasteiger partial charge in [-0.25, -0.2) is 0 Å². The van der Waals surface area contributed by atoms with Gasteiger partial charge in [0, 0.05) is 5.03 Å². The minimum atomic E-state index is -0.417. The molecular formula is C8H6ClNO2. The summed E-state index contributed by atoms with van der Waals surface area (Å²) < 4.78 is 4.94. The Bertz CT molecular complexity index is 305. The van der Waals surface area contributed by atoms with Crippen LogP contribution in [-0.4, -0.2) is 12.1 Å². The van der Waals surface area contributed by atoms with Crippen molar-refractivity contribution in [3.05, 3.63) is 11.1 Å². The molecule has 0 radical (unpaired) electrons. The Kier molecular flexibility index (Phi) is 1.59. The van der Waals surface area contributed by atoms with Gasteiger partial charge in [-0.3, -0.25) is 4.79 Å². The molecule has 1 saturated heterocycles. The van der Waals surface area contributed by atoms with E-state index in [2.05, 4.69) is 6.07 Å². The number of hydrogen-bond acceptors (Lipinski definition) is 3. The molecule has 0 spiro atoms. The molecule has 0 aromatic carbocycles. The maximum Gasteiger partial charge on any atom is 0.315 e. The summed E-state index contributed by atoms with van der Waals surface area (Å²) in [5.41, 5.74) is 0. The molecule has 0 unspecified atom stereocenters. The first kappa shape index (κ1) is 7.63. The molecule has 3 rings (SSSR count). The van der Waals surface area contributed by atoms with Gasteiger partial charge in [0.05, 0.1) is 17.9 Å². The van der Waals surface area contributed by atoms with E-state index in [0.29, 0.717) is 11.5 Å². The van der Waals surface area contributed by atoms with E-state index in [0.717, 1.165) is 0 Å². The summed E-state index contributed by atoms with van der Waals surface area (Å²) in [6.45, 7) is 0. The molecule has 12 heavy (non-hydrogen) atoms. The Labute approximate surface area is 74.6 Å². The first-order valence-electron chi connectivity index (χ1n) is 3.69. The maximum absolute atomic E-state index is 11.1. The van der Waals surface area contributed by atoms with E-state index >= 15 is 0 Å². The van der Waals surface area contributed by atoms with Crippen LogP contribution in [-0.2, 0) is 9.53 Å². The third-order valence-corrected chi connectivity index (χ3v) is 2.63. The van der Waals surface area contributed by atoms with Crippen LogP contribution in [0.1, 0.15) is 6.42 Å². The van der Waals surface area contributed by atoms with Crippen molar-refractivity contribution < 1.29 is 9.53 Å². The molecule has 1 fully saturated rings. The predicted molar refractivity (Wildman–Crippen MR) is 41.0 cm³/mol. The second-order valence-corrected chi connectivity index (χ2v) is 3.41. The van der Waals surface area contributed by atoms with Gasteiger partial charge in [0.15, 0.2) is 0 Å². The molecule has 2 bridgehead atoms. The first-order chi connectivity index (χ1) is 5.72. The molecule has 2 aliphatic heterocycles. The smallest absolute Gasteiger partial charge is 0.315 e. The number of nitrogens with zero attached hydrogens (tertiary/aromatic N) is 1. The van der Waals surface area contributed by atoms with Crippen molar-refractivity contribution in [1.82, 2.24) is 0 Å². The highest BCUT2D eigenvalue weighted by Gasteiger charge is 2.43. The lowest BCUT2D eigenvalue weighted by Crippen LogP contribution is -2.41. The molecule has 3 nitrogen and oxygen atoms in total. The van der Waals surface area contributed by atoms with Crippen LogP contribution in [0.3, 0.4) is 0 Å². The Morgan fingerprint density at radius 1 is 1.75 bits per heavy atom. The number of fused-ring (bicyclic) bond motifs is 2. The number of halogens is 1. The number of carbonyl (C=O) groups is 1. The lowest BCUT2D eigenvalue weighted by atomic mass is 9.82. The molecule has 62 valence electrons. The molecule has 2 heterocycles. The molecule has 0 N–H and O–H groups in total. The average Bonchev–Trinajstić information content (AvgIpc) is 2.04. The fraction of sp³-hybridized carbons (Fsp3) is 0.500. The van der Waals surface area contributed by atoms with Crippen molar-refractivity contribution in [3.8, 4) is 6.07 Å². The minimum absolute atomic E-state index is 0.213. The number of esters is 1. The number of hydrogen-bond donors (Lipinski definition) is 0. The SMILES string of the molecule is N#C[C@H]1C[C@H]2C(=O)O[C@@H]1C=C2Cl. The van der Waals surface area contributed by atoms with Gasteiger partial charge in [0.25, 0.3) is 0 Å². The molecular weight excluding hydrogens is 178 g/mol. The monoisotopic (exact) mass is 183 g/mol. The lowest BCUT2D eigenvalue weighted by molar-refractivity contribution is -0.159. The predicted octanol–water partition coefficient (Wildman–Crippen LogP) is 1.19. The quantitative estimate of drug-likeness (QED) is 0.530. The Morgan fingerprint density at radius 3 is 3.00 bits per heavy atom. The van der Waals surface area contributed by atoms with Crippen molar-refractivity contribution in [2.45, 2.75) is 12.5 Å². The van der Waals surface area contributed by atoms with Gasteiger partial charge in [0.1, 0.15) is 6.10 Å². The van der Waals surface area contributed by atoms with Gasteiger partial charge in [-0.2, -0.15) is 5.26 Å². The van der Waals surface area contributed by atoms with Gasteiger partial charge < -0.3 is 4.74 Å². The lowest BCUT2D eigenvalue weighted by Gasteiger charge is -2.34. The second kappa shape index (κ2) is 2.49. The molecule has 0 aromatic heterocycles. The zero-order chi connectivity index (χ0) is 8.72. The van der Waals surface area contributed by atoms with Crippen LogP contribution in [0.25, 0.3) is 0 Å². The summed E-state index contributed by atoms with van der Waals surface area (Å²) >= 11 is 5.78. The molecule has 3 aliphatic rings. The number of nitriles is 1. The summed E-state index contributed by atoms with van der Waals surface area (Å²) in [5.74, 6) is -0.893. The molecule has 0 aromatic rings. The van der Waals surface area contributed by atoms with E-state index in [1.807, 2.05) is 0 Å². The number of carbonyl (C=O) groups excluding carboxylic acids is 1. The van der Waals surface area contributed by atoms with Crippen molar-refractivity contribution in [2.75, 3.05) is 0 Å². The maximum atomic E-state index is 11.1. The molecule has 4 heteroatoms. The molecule has 0 amide bonds. The van der Waals surface area contributed by atoms with Crippen molar-refractivity contribution in [1.29, 1.82) is 5.26 Å². The highest BCUT2D eigenvalue weighted by Crippen LogP contribution is 2.38. The van der Waals surface area contributed by atoms with E-state index in [1.165, 1.54) is 0 Å². The van der Waals surface area contributed by atoms with Crippen molar-refractivity contribution in [3.63, 3.8) is 0 Å². The van der Waals surface area contributed by atoms with Crippen LogP contribution in [0.15, 0.2) is 11.1 Å². The van der Waals surface area contributed by atoms with Gasteiger partial charge in [-0.15, -0.1) is 0 Å². The normalized spacial score (nSPS) is 38.5. The Morgan fingerprint density at radius 2 is 2.50 bits per heavy atom. The van der Waals surface area contributed by atoms with Crippen molar-refractivity contribution >= 4 is 17.6 Å². The first-order valence-corrected chi connectivity index (χ1v) is 4.07. The van der Waals surface area contributed by atoms with E-state index in [9.17, 15) is 4.79 Å². The average molecular weight is 184 g/mol. The van der Waals surface area contributed by atoms with Gasteiger partial charge in [-0.05, 0) is 12.5 Å². The summed E-state index contributed by atoms with van der Waals surface area (Å²) in [6.07, 6.45) is 1.75. The third-order valence-electron chi connectivity index (χ3n) is 2.25. The van der Waals surface area contributed by atoms with Crippen LogP contribution in [0.4, 0.5) is 0 Å². The van der Waals surface area contributed by atoms with Crippen LogP contribution in [0.2, 0.25) is 0 Å². The largest absolute Gasteiger partial charge is 0.456 e. The topological polar surface area (TPSA) is 50.1 Å². The summed E-state index contributed by atoms with van der Waals surface area (Å²) in [7, 11) is 0. The number of ether oxygens (including phenoxy) is 1. The van der Waals surface area contributed by atoms with Crippen LogP contribution in [0.5, 0.6) is 0 Å². The summed E-state index contributed by atoms with van der Waals surface area (Å²) in [6, 6.07) is 2.10. The highest BCUT2D eigenvalue weighted by molar-refractivity contribution is 6.31. The fourth-order valence-electron chi connectivity index (χ4n) is 1.56. The van der Waals surface area contributed by atoms with E-state index in [1.54, 1.807) is 6.08 Å². The Balaban J connectivity index is 2.34. The minimum Gasteiger partial charge on any atom is -0.456 e. The molecule has 1 aliphatic carbocycles. The third kappa shape index (κ3) is 0.919. The Hall–Kier alpha value is -1.01. The summed E-state index contributed by atoms with van der Waals surface area (Å²) in [4.78, 5) is 11.1. The van der Waals surface area contributed by atoms with Crippen LogP contribution >= 0.6 is 11.6 Å². The van der Waals surface area contributed by atoms with Crippen molar-refractivity contribution in [2.24, 2.45) is 11.8 Å². The summed E-state index contributed by atoms with van der Waals surface area (Å²) in [5, 5.41) is 9.20. The fourth-order valence-corrected chi connectivity index (χ4v) is 1.86. The zero-order valence-electron chi connectivity index (χ0n) is 6.16. The van der Waals surface area contributed by atoms with Gasteiger partial charge >= 0.3 is 5.97 Å². The number of rotatable bonds is 0. The van der Waals surface area contributed by atoms with Crippen LogP contribution < -0.4 is 0 Å². The second-order valence-electron chi connectivity index (χ2n) is 2.98. The zero-order valence-corrected chi connectivity index (χ0v) is 6.91. The highest BCUT2D eigenvalue weighted by atomic mass is 35.5. The van der Waals surface area contributed by atoms with E-state index in [-0.39, 0.29) is 17.8 Å². The van der Waals surface area contributed by atoms with Gasteiger partial charge in [0.2, 0.25) is 0 Å². The standard InChI is InChI=1S/C8H6ClNO2/c9-6-2-7-4(3-10)1-5(6)8(11)12-7/h2,4-5,7H,1H2/t4-,5-,7-/m1/s1.